The highest BCUT2D eigenvalue weighted by molar-refractivity contribution is 6.23. The molecule has 0 aliphatic heterocycles. The molecule has 0 aliphatic carbocycles. The van der Waals surface area contributed by atoms with Crippen molar-refractivity contribution >= 4 is 12.2 Å². The number of hydrogen-bond donors (Lipinski definition) is 1. The standard InChI is InChI=1S/C10H13NO2/c1-3-4-5-9(2)6-7-11-10(13)8-12/h3-5,8H,1-2,6-7H2,(H,11,13)/b5-4-. The molecule has 0 atom stereocenters. The van der Waals surface area contributed by atoms with E-state index >= 15 is 0 Å². The van der Waals surface area contributed by atoms with Gasteiger partial charge >= 0.3 is 0 Å². The molecule has 0 spiro atoms. The fourth-order valence-electron chi connectivity index (χ4n) is 0.675. The van der Waals surface area contributed by atoms with Crippen molar-refractivity contribution in [1.29, 1.82) is 0 Å². The Kier molecular flexibility index (Phi) is 6.15. The van der Waals surface area contributed by atoms with Crippen molar-refractivity contribution in [2.45, 2.75) is 6.42 Å². The van der Waals surface area contributed by atoms with Gasteiger partial charge in [-0.25, -0.2) is 0 Å². The lowest BCUT2D eigenvalue weighted by atomic mass is 10.2. The molecule has 0 aromatic carbocycles. The van der Waals surface area contributed by atoms with Gasteiger partial charge in [0.15, 0.2) is 0 Å². The van der Waals surface area contributed by atoms with Crippen molar-refractivity contribution < 1.29 is 9.59 Å². The molecule has 0 aromatic rings. The molecular weight excluding hydrogens is 166 g/mol. The molecule has 0 aliphatic rings. The molecule has 0 unspecified atom stereocenters. The average Bonchev–Trinajstić information content (AvgIpc) is 2.14. The maximum Gasteiger partial charge on any atom is 0.284 e. The molecule has 0 radical (unpaired) electrons. The SMILES string of the molecule is C=C/C=C\C(=C)CCNC(=O)C=O. The highest BCUT2D eigenvalue weighted by Crippen LogP contribution is 1.97. The van der Waals surface area contributed by atoms with E-state index in [-0.39, 0.29) is 6.29 Å². The quantitative estimate of drug-likeness (QED) is 0.375. The lowest BCUT2D eigenvalue weighted by Crippen LogP contribution is -2.25. The Bertz CT molecular complexity index is 241. The monoisotopic (exact) mass is 179 g/mol. The molecule has 70 valence electrons. The Morgan fingerprint density at radius 2 is 2.15 bits per heavy atom. The Morgan fingerprint density at radius 1 is 1.46 bits per heavy atom. The highest BCUT2D eigenvalue weighted by Gasteiger charge is 1.95. The van der Waals surface area contributed by atoms with Gasteiger partial charge in [0.25, 0.3) is 5.91 Å². The summed E-state index contributed by atoms with van der Waals surface area (Å²) in [5, 5.41) is 2.41. The van der Waals surface area contributed by atoms with E-state index in [0.29, 0.717) is 13.0 Å². The molecule has 3 heteroatoms. The normalized spacial score (nSPS) is 9.54. The Balaban J connectivity index is 3.59. The van der Waals surface area contributed by atoms with Gasteiger partial charge in [-0.2, -0.15) is 0 Å². The van der Waals surface area contributed by atoms with E-state index < -0.39 is 5.91 Å². The molecule has 0 aromatic heterocycles. The number of rotatable bonds is 6. The van der Waals surface area contributed by atoms with Crippen LogP contribution in [-0.4, -0.2) is 18.7 Å². The Labute approximate surface area is 77.8 Å². The zero-order valence-electron chi connectivity index (χ0n) is 7.45. The van der Waals surface area contributed by atoms with Gasteiger partial charge in [-0.05, 0) is 6.42 Å². The predicted octanol–water partition coefficient (Wildman–Crippen LogP) is 0.990. The van der Waals surface area contributed by atoms with Crippen LogP contribution in [0.4, 0.5) is 0 Å². The summed E-state index contributed by atoms with van der Waals surface area (Å²) >= 11 is 0. The fraction of sp³-hybridized carbons (Fsp3) is 0.200. The van der Waals surface area contributed by atoms with E-state index in [0.717, 1.165) is 5.57 Å². The zero-order valence-corrected chi connectivity index (χ0v) is 7.45. The van der Waals surface area contributed by atoms with Crippen LogP contribution in [0.3, 0.4) is 0 Å². The number of carbonyl (C=O) groups is 2. The number of carbonyl (C=O) groups excluding carboxylic acids is 2. The minimum Gasteiger partial charge on any atom is -0.349 e. The van der Waals surface area contributed by atoms with Crippen molar-refractivity contribution in [2.75, 3.05) is 6.54 Å². The van der Waals surface area contributed by atoms with Crippen LogP contribution >= 0.6 is 0 Å². The summed E-state index contributed by atoms with van der Waals surface area (Å²) in [4.78, 5) is 20.4. The van der Waals surface area contributed by atoms with E-state index in [1.54, 1.807) is 18.2 Å². The largest absolute Gasteiger partial charge is 0.349 e. The van der Waals surface area contributed by atoms with Gasteiger partial charge < -0.3 is 5.32 Å². The highest BCUT2D eigenvalue weighted by atomic mass is 16.2. The van der Waals surface area contributed by atoms with Gasteiger partial charge in [-0.3, -0.25) is 9.59 Å². The third-order valence-corrected chi connectivity index (χ3v) is 1.32. The van der Waals surface area contributed by atoms with E-state index in [4.69, 9.17) is 0 Å². The second kappa shape index (κ2) is 7.03. The lowest BCUT2D eigenvalue weighted by Gasteiger charge is -1.99. The first-order chi connectivity index (χ1) is 6.20. The summed E-state index contributed by atoms with van der Waals surface area (Å²) in [6, 6.07) is 0. The zero-order chi connectivity index (χ0) is 10.1. The van der Waals surface area contributed by atoms with Crippen molar-refractivity contribution in [1.82, 2.24) is 5.32 Å². The molecule has 0 fully saturated rings. The Hall–Kier alpha value is -1.64. The molecule has 13 heavy (non-hydrogen) atoms. The van der Waals surface area contributed by atoms with Crippen LogP contribution in [-0.2, 0) is 9.59 Å². The second-order valence-corrected chi connectivity index (χ2v) is 2.41. The van der Waals surface area contributed by atoms with Crippen molar-refractivity contribution in [3.8, 4) is 0 Å². The van der Waals surface area contributed by atoms with Gasteiger partial charge in [0.2, 0.25) is 6.29 Å². The number of hydrogen-bond acceptors (Lipinski definition) is 2. The van der Waals surface area contributed by atoms with Crippen molar-refractivity contribution in [2.24, 2.45) is 0 Å². The predicted molar refractivity (Wildman–Crippen MR) is 52.2 cm³/mol. The van der Waals surface area contributed by atoms with Crippen LogP contribution in [0.25, 0.3) is 0 Å². The summed E-state index contributed by atoms with van der Waals surface area (Å²) in [5.41, 5.74) is 0.881. The summed E-state index contributed by atoms with van der Waals surface area (Å²) in [7, 11) is 0. The molecule has 0 saturated carbocycles. The molecule has 1 amide bonds. The molecular formula is C10H13NO2. The molecule has 0 rings (SSSR count). The summed E-state index contributed by atoms with van der Waals surface area (Å²) < 4.78 is 0. The van der Waals surface area contributed by atoms with Crippen LogP contribution in [0, 0.1) is 0 Å². The van der Waals surface area contributed by atoms with Crippen LogP contribution in [0.1, 0.15) is 6.42 Å². The van der Waals surface area contributed by atoms with Gasteiger partial charge in [0.1, 0.15) is 0 Å². The minimum atomic E-state index is -0.597. The topological polar surface area (TPSA) is 46.2 Å². The molecule has 0 bridgehead atoms. The molecule has 3 nitrogen and oxygen atoms in total. The van der Waals surface area contributed by atoms with Gasteiger partial charge in [-0.15, -0.1) is 0 Å². The summed E-state index contributed by atoms with van der Waals surface area (Å²) in [5.74, 6) is -0.597. The number of allylic oxidation sites excluding steroid dienone is 3. The van der Waals surface area contributed by atoms with E-state index in [1.165, 1.54) is 0 Å². The van der Waals surface area contributed by atoms with Gasteiger partial charge in [0, 0.05) is 6.54 Å². The molecule has 1 N–H and O–H groups in total. The number of aldehydes is 1. The Morgan fingerprint density at radius 3 is 2.69 bits per heavy atom. The van der Waals surface area contributed by atoms with E-state index in [9.17, 15) is 9.59 Å². The lowest BCUT2D eigenvalue weighted by molar-refractivity contribution is -0.131. The second-order valence-electron chi connectivity index (χ2n) is 2.41. The van der Waals surface area contributed by atoms with Crippen LogP contribution in [0.2, 0.25) is 0 Å². The minimum absolute atomic E-state index is 0.252. The third-order valence-electron chi connectivity index (χ3n) is 1.32. The fourth-order valence-corrected chi connectivity index (χ4v) is 0.675. The smallest absolute Gasteiger partial charge is 0.284 e. The number of nitrogens with one attached hydrogen (secondary N) is 1. The van der Waals surface area contributed by atoms with Crippen LogP contribution < -0.4 is 5.32 Å². The summed E-state index contributed by atoms with van der Waals surface area (Å²) in [6.45, 7) is 7.68. The maximum atomic E-state index is 10.5. The van der Waals surface area contributed by atoms with Crippen LogP contribution in [0.5, 0.6) is 0 Å². The first-order valence-corrected chi connectivity index (χ1v) is 3.90. The van der Waals surface area contributed by atoms with Gasteiger partial charge in [0.05, 0.1) is 0 Å². The number of amides is 1. The van der Waals surface area contributed by atoms with Gasteiger partial charge in [-0.1, -0.05) is 37.0 Å². The maximum absolute atomic E-state index is 10.5. The van der Waals surface area contributed by atoms with Crippen LogP contribution in [0.15, 0.2) is 37.0 Å². The van der Waals surface area contributed by atoms with E-state index in [2.05, 4.69) is 18.5 Å². The first-order valence-electron chi connectivity index (χ1n) is 3.90. The molecule has 0 saturated heterocycles. The first kappa shape index (κ1) is 11.4. The van der Waals surface area contributed by atoms with Crippen molar-refractivity contribution in [3.63, 3.8) is 0 Å². The van der Waals surface area contributed by atoms with Crippen molar-refractivity contribution in [3.05, 3.63) is 37.0 Å². The average molecular weight is 179 g/mol. The third kappa shape index (κ3) is 6.75. The van der Waals surface area contributed by atoms with E-state index in [1.807, 2.05) is 0 Å². The summed E-state index contributed by atoms with van der Waals surface area (Å²) in [6.07, 6.45) is 6.10. The molecule has 0 heterocycles.